The second-order valence-electron chi connectivity index (χ2n) is 9.49. The number of carboxylic acid groups (broad SMARTS) is 2. The fourth-order valence-electron chi connectivity index (χ4n) is 4.43. The number of nitrogens with zero attached hydrogens (tertiary/aromatic N) is 4. The quantitative estimate of drug-likeness (QED) is 0.101. The van der Waals surface area contributed by atoms with Crippen LogP contribution in [0.5, 0.6) is 0 Å². The van der Waals surface area contributed by atoms with E-state index in [2.05, 4.69) is 32.1 Å². The number of thiocarbonyl (C=S) groups is 2. The Kier molecular flexibility index (Phi) is 13.2. The highest BCUT2D eigenvalue weighted by atomic mass is 32.1. The van der Waals surface area contributed by atoms with Gasteiger partial charge >= 0.3 is 11.9 Å². The average molecular weight is 643 g/mol. The highest BCUT2D eigenvalue weighted by Gasteiger charge is 2.17. The molecule has 0 saturated carbocycles. The standard InChI is InChI=1S/2C12H17N5S.C4H4O4/c2*1-7-5-9(17(4-3-13)12(14)18)8(2)11-10(7)15-6-16-11;5-3(6)1-2-4(7)8/h2*5-6H,3-4,13H2,1-2H3,(H2,14,18)(H,15,16);1-2H,(H,5,6)(H,7,8)/b;;2-1+. The molecule has 0 saturated heterocycles. The molecule has 0 spiro atoms. The van der Waals surface area contributed by atoms with Crippen molar-refractivity contribution in [2.75, 3.05) is 36.0 Å². The van der Waals surface area contributed by atoms with Gasteiger partial charge in [0.1, 0.15) is 0 Å². The first-order valence-corrected chi connectivity index (χ1v) is 14.1. The molecule has 0 unspecified atom stereocenters. The number of carboxylic acids is 2. The van der Waals surface area contributed by atoms with Gasteiger partial charge in [0.25, 0.3) is 0 Å². The maximum absolute atomic E-state index is 9.55. The number of carbonyl (C=O) groups is 2. The highest BCUT2D eigenvalue weighted by molar-refractivity contribution is 7.80. The molecule has 0 aliphatic heterocycles. The predicted molar refractivity (Wildman–Crippen MR) is 182 cm³/mol. The summed E-state index contributed by atoms with van der Waals surface area (Å²) in [5, 5.41) is 16.3. The van der Waals surface area contributed by atoms with E-state index in [1.165, 1.54) is 0 Å². The summed E-state index contributed by atoms with van der Waals surface area (Å²) in [5.41, 5.74) is 33.0. The Hall–Kier alpha value is -4.64. The lowest BCUT2D eigenvalue weighted by Gasteiger charge is -2.24. The van der Waals surface area contributed by atoms with Crippen LogP contribution in [0.2, 0.25) is 0 Å². The van der Waals surface area contributed by atoms with E-state index in [0.717, 1.165) is 55.7 Å². The van der Waals surface area contributed by atoms with Crippen molar-refractivity contribution in [1.82, 2.24) is 19.9 Å². The number of anilines is 2. The van der Waals surface area contributed by atoms with Crippen LogP contribution >= 0.6 is 24.4 Å². The van der Waals surface area contributed by atoms with E-state index in [9.17, 15) is 9.59 Å². The lowest BCUT2D eigenvalue weighted by molar-refractivity contribution is -0.134. The summed E-state index contributed by atoms with van der Waals surface area (Å²) in [4.78, 5) is 37.8. The van der Waals surface area contributed by atoms with Gasteiger partial charge in [0, 0.05) is 60.8 Å². The zero-order chi connectivity index (χ0) is 33.1. The zero-order valence-corrected chi connectivity index (χ0v) is 26.6. The summed E-state index contributed by atoms with van der Waals surface area (Å²) in [5.74, 6) is -2.51. The van der Waals surface area contributed by atoms with Gasteiger partial charge in [-0.3, -0.25) is 0 Å². The molecule has 0 bridgehead atoms. The normalized spacial score (nSPS) is 10.6. The topological polar surface area (TPSA) is 243 Å². The lowest BCUT2D eigenvalue weighted by atomic mass is 10.1. The minimum Gasteiger partial charge on any atom is -0.478 e. The van der Waals surface area contributed by atoms with Crippen LogP contribution in [0.1, 0.15) is 22.3 Å². The first-order valence-electron chi connectivity index (χ1n) is 13.3. The van der Waals surface area contributed by atoms with Crippen molar-refractivity contribution in [3.8, 4) is 0 Å². The second-order valence-corrected chi connectivity index (χ2v) is 10.3. The monoisotopic (exact) mass is 642 g/mol. The number of aromatic nitrogens is 4. The molecule has 4 rings (SSSR count). The predicted octanol–water partition coefficient (Wildman–Crippen LogP) is 2.09. The van der Waals surface area contributed by atoms with E-state index in [1.807, 2.05) is 37.5 Å². The fraction of sp³-hybridized carbons (Fsp3) is 0.286. The van der Waals surface area contributed by atoms with Gasteiger partial charge in [-0.2, -0.15) is 0 Å². The Labute approximate surface area is 265 Å². The number of aryl methyl sites for hydroxylation is 4. The molecule has 2 aromatic carbocycles. The first-order chi connectivity index (χ1) is 20.7. The molecule has 2 aromatic heterocycles. The van der Waals surface area contributed by atoms with Crippen LogP contribution < -0.4 is 32.7 Å². The van der Waals surface area contributed by atoms with E-state index in [1.54, 1.807) is 12.7 Å². The molecule has 44 heavy (non-hydrogen) atoms. The smallest absolute Gasteiger partial charge is 0.328 e. The van der Waals surface area contributed by atoms with Crippen molar-refractivity contribution in [3.63, 3.8) is 0 Å². The van der Waals surface area contributed by atoms with Gasteiger partial charge in [-0.05, 0) is 75.4 Å². The number of hydrogen-bond donors (Lipinski definition) is 8. The molecule has 0 aliphatic carbocycles. The van der Waals surface area contributed by atoms with Gasteiger partial charge in [-0.1, -0.05) is 0 Å². The number of nitrogens with one attached hydrogen (secondary N) is 2. The zero-order valence-electron chi connectivity index (χ0n) is 24.9. The molecule has 4 aromatic rings. The minimum atomic E-state index is -1.26. The number of fused-ring (bicyclic) bond motifs is 2. The van der Waals surface area contributed by atoms with Crippen molar-refractivity contribution in [2.24, 2.45) is 22.9 Å². The molecule has 0 fully saturated rings. The Morgan fingerprint density at radius 1 is 0.773 bits per heavy atom. The van der Waals surface area contributed by atoms with Gasteiger partial charge in [-0.25, -0.2) is 19.6 Å². The summed E-state index contributed by atoms with van der Waals surface area (Å²) in [6.07, 6.45) is 4.51. The Morgan fingerprint density at radius 3 is 1.39 bits per heavy atom. The van der Waals surface area contributed by atoms with E-state index < -0.39 is 11.9 Å². The molecular weight excluding hydrogens is 605 g/mol. The lowest BCUT2D eigenvalue weighted by Crippen LogP contribution is -2.39. The molecular formula is C28H38N10O4S2. The number of aliphatic carboxylic acids is 2. The van der Waals surface area contributed by atoms with Gasteiger partial charge in [-0.15, -0.1) is 0 Å². The molecule has 16 heteroatoms. The van der Waals surface area contributed by atoms with Crippen LogP contribution in [0.3, 0.4) is 0 Å². The summed E-state index contributed by atoms with van der Waals surface area (Å²) >= 11 is 10.2. The molecule has 2 heterocycles. The fourth-order valence-corrected chi connectivity index (χ4v) is 4.81. The van der Waals surface area contributed by atoms with Crippen LogP contribution in [-0.4, -0.2) is 78.5 Å². The van der Waals surface area contributed by atoms with Crippen molar-refractivity contribution >= 4 is 80.0 Å². The maximum Gasteiger partial charge on any atom is 0.328 e. The van der Waals surface area contributed by atoms with Crippen molar-refractivity contribution in [1.29, 1.82) is 0 Å². The van der Waals surface area contributed by atoms with Gasteiger partial charge < -0.3 is 52.9 Å². The first kappa shape index (κ1) is 35.6. The van der Waals surface area contributed by atoms with Crippen molar-refractivity contribution < 1.29 is 19.8 Å². The van der Waals surface area contributed by atoms with E-state index >= 15 is 0 Å². The van der Waals surface area contributed by atoms with Crippen LogP contribution in [0.4, 0.5) is 11.4 Å². The summed E-state index contributed by atoms with van der Waals surface area (Å²) < 4.78 is 0. The molecule has 0 amide bonds. The second kappa shape index (κ2) is 16.3. The molecule has 0 aliphatic rings. The Bertz CT molecular complexity index is 1560. The van der Waals surface area contributed by atoms with Gasteiger partial charge in [0.2, 0.25) is 0 Å². The SMILES string of the molecule is Cc1c(N(CCN)C(N)=S)cc(C)c2[nH]cnc12.Cc1c(N(CCN)C(N)=S)cc(C)c2[nH]cnc12.O=C(O)/C=C/C(=O)O. The van der Waals surface area contributed by atoms with Gasteiger partial charge in [0.05, 0.1) is 34.7 Å². The third-order valence-corrected chi connectivity index (χ3v) is 6.88. The number of aromatic amines is 2. The summed E-state index contributed by atoms with van der Waals surface area (Å²) in [6.45, 7) is 10.3. The Morgan fingerprint density at radius 2 is 1.11 bits per heavy atom. The highest BCUT2D eigenvalue weighted by Crippen LogP contribution is 2.30. The molecule has 0 radical (unpaired) electrons. The maximum atomic E-state index is 9.55. The summed E-state index contributed by atoms with van der Waals surface area (Å²) in [7, 11) is 0. The van der Waals surface area contributed by atoms with E-state index in [0.29, 0.717) is 48.6 Å². The Balaban J connectivity index is 0.000000248. The minimum absolute atomic E-state index is 0.331. The van der Waals surface area contributed by atoms with Crippen molar-refractivity contribution in [2.45, 2.75) is 27.7 Å². The largest absolute Gasteiger partial charge is 0.478 e. The third kappa shape index (κ3) is 8.93. The van der Waals surface area contributed by atoms with Crippen LogP contribution in [0.15, 0.2) is 36.9 Å². The van der Waals surface area contributed by atoms with Gasteiger partial charge in [0.15, 0.2) is 10.2 Å². The van der Waals surface area contributed by atoms with Crippen LogP contribution in [0.25, 0.3) is 22.1 Å². The number of hydrogen-bond acceptors (Lipinski definition) is 8. The van der Waals surface area contributed by atoms with Crippen LogP contribution in [0, 0.1) is 27.7 Å². The number of nitrogens with two attached hydrogens (primary N) is 4. The third-order valence-electron chi connectivity index (χ3n) is 6.44. The molecule has 236 valence electrons. The summed E-state index contributed by atoms with van der Waals surface area (Å²) in [6, 6.07) is 4.12. The van der Waals surface area contributed by atoms with Crippen molar-refractivity contribution in [3.05, 3.63) is 59.2 Å². The van der Waals surface area contributed by atoms with E-state index in [-0.39, 0.29) is 0 Å². The molecule has 0 atom stereocenters. The number of benzene rings is 2. The van der Waals surface area contributed by atoms with Crippen LogP contribution in [-0.2, 0) is 9.59 Å². The molecule has 14 nitrogen and oxygen atoms in total. The molecule has 12 N–H and O–H groups in total. The number of rotatable bonds is 8. The average Bonchev–Trinajstić information content (AvgIpc) is 3.65. The number of H-pyrrole nitrogens is 2. The number of imidazole rings is 2. The van der Waals surface area contributed by atoms with E-state index in [4.69, 9.17) is 57.6 Å².